The number of methoxy groups -OCH3 is 1. The van der Waals surface area contributed by atoms with E-state index in [9.17, 15) is 9.59 Å². The van der Waals surface area contributed by atoms with Crippen molar-refractivity contribution in [2.45, 2.75) is 0 Å². The molecule has 1 aromatic carbocycles. The summed E-state index contributed by atoms with van der Waals surface area (Å²) in [6, 6.07) is 10.3. The summed E-state index contributed by atoms with van der Waals surface area (Å²) in [6.07, 6.45) is 4.32. The van der Waals surface area contributed by atoms with Crippen molar-refractivity contribution in [1.82, 2.24) is 16.2 Å². The summed E-state index contributed by atoms with van der Waals surface area (Å²) in [6.45, 7) is 0. The van der Waals surface area contributed by atoms with Crippen molar-refractivity contribution in [3.05, 3.63) is 60.1 Å². The molecule has 0 radical (unpaired) electrons. The maximum atomic E-state index is 11.7. The molecular formula is C16H15N3O4S. The molecule has 0 saturated carbocycles. The van der Waals surface area contributed by atoms with E-state index in [4.69, 9.17) is 21.4 Å². The van der Waals surface area contributed by atoms with Gasteiger partial charge in [-0.25, -0.2) is 0 Å². The number of hydrogen-bond donors (Lipinski definition) is 3. The van der Waals surface area contributed by atoms with Crippen LogP contribution in [0.5, 0.6) is 5.75 Å². The number of hydrogen-bond acceptors (Lipinski definition) is 5. The van der Waals surface area contributed by atoms with E-state index < -0.39 is 11.8 Å². The van der Waals surface area contributed by atoms with Gasteiger partial charge in [0.1, 0.15) is 5.75 Å². The van der Waals surface area contributed by atoms with Crippen LogP contribution in [0.2, 0.25) is 0 Å². The molecule has 0 saturated heterocycles. The van der Waals surface area contributed by atoms with E-state index in [1.54, 1.807) is 31.4 Å². The molecule has 2 amide bonds. The standard InChI is InChI=1S/C16H15N3O4S/c1-22-12-7-4-11(5-8-12)6-9-14(20)17-16(24)19-18-15(21)13-3-2-10-23-13/h2-10H,1H3,(H,18,21)(H2,17,19,20,24)/b9-6+. The highest BCUT2D eigenvalue weighted by Crippen LogP contribution is 2.12. The molecule has 24 heavy (non-hydrogen) atoms. The van der Waals surface area contributed by atoms with E-state index in [2.05, 4.69) is 16.2 Å². The molecule has 2 aromatic rings. The molecule has 8 heteroatoms. The number of thiocarbonyl (C=S) groups is 1. The minimum atomic E-state index is -0.509. The summed E-state index contributed by atoms with van der Waals surface area (Å²) in [5, 5.41) is 2.36. The second-order valence-corrected chi connectivity index (χ2v) is 4.89. The van der Waals surface area contributed by atoms with Crippen LogP contribution in [0.15, 0.2) is 53.2 Å². The monoisotopic (exact) mass is 345 g/mol. The van der Waals surface area contributed by atoms with E-state index in [0.717, 1.165) is 11.3 Å². The Morgan fingerprint density at radius 1 is 1.17 bits per heavy atom. The Labute approximate surface area is 143 Å². The molecule has 0 unspecified atom stereocenters. The maximum absolute atomic E-state index is 11.7. The van der Waals surface area contributed by atoms with Gasteiger partial charge in [0.15, 0.2) is 10.9 Å². The van der Waals surface area contributed by atoms with Crippen molar-refractivity contribution >= 4 is 35.2 Å². The fraction of sp³-hybridized carbons (Fsp3) is 0.0625. The van der Waals surface area contributed by atoms with Crippen LogP contribution in [0, 0.1) is 0 Å². The number of amides is 2. The Hall–Kier alpha value is -3.13. The molecule has 1 aromatic heterocycles. The van der Waals surface area contributed by atoms with Crippen LogP contribution in [0.3, 0.4) is 0 Å². The summed E-state index contributed by atoms with van der Waals surface area (Å²) < 4.78 is 9.96. The lowest BCUT2D eigenvalue weighted by Crippen LogP contribution is -2.48. The van der Waals surface area contributed by atoms with Gasteiger partial charge < -0.3 is 9.15 Å². The second kappa shape index (κ2) is 8.49. The van der Waals surface area contributed by atoms with Crippen molar-refractivity contribution < 1.29 is 18.7 Å². The normalized spacial score (nSPS) is 10.2. The molecule has 0 fully saturated rings. The summed E-state index contributed by atoms with van der Waals surface area (Å²) in [4.78, 5) is 23.3. The maximum Gasteiger partial charge on any atom is 0.305 e. The Kier molecular flexibility index (Phi) is 6.09. The number of furan rings is 1. The molecule has 2 rings (SSSR count). The third-order valence-electron chi connectivity index (χ3n) is 2.81. The number of carbonyl (C=O) groups is 2. The van der Waals surface area contributed by atoms with Gasteiger partial charge in [-0.05, 0) is 48.1 Å². The molecule has 0 aliphatic heterocycles. The fourth-order valence-electron chi connectivity index (χ4n) is 1.65. The molecule has 0 atom stereocenters. The molecule has 0 bridgehead atoms. The minimum Gasteiger partial charge on any atom is -0.497 e. The third-order valence-corrected chi connectivity index (χ3v) is 3.02. The Bertz CT molecular complexity index is 739. The first-order valence-corrected chi connectivity index (χ1v) is 7.26. The molecular weight excluding hydrogens is 330 g/mol. The molecule has 7 nitrogen and oxygen atoms in total. The van der Waals surface area contributed by atoms with Crippen molar-refractivity contribution in [2.24, 2.45) is 0 Å². The average molecular weight is 345 g/mol. The lowest BCUT2D eigenvalue weighted by molar-refractivity contribution is -0.115. The average Bonchev–Trinajstić information content (AvgIpc) is 3.13. The van der Waals surface area contributed by atoms with Gasteiger partial charge >= 0.3 is 5.91 Å². The van der Waals surface area contributed by atoms with Crippen molar-refractivity contribution in [3.8, 4) is 5.75 Å². The number of hydrazine groups is 1. The highest BCUT2D eigenvalue weighted by molar-refractivity contribution is 7.80. The topological polar surface area (TPSA) is 92.6 Å². The smallest absolute Gasteiger partial charge is 0.305 e. The zero-order valence-corrected chi connectivity index (χ0v) is 13.6. The van der Waals surface area contributed by atoms with E-state index in [1.165, 1.54) is 18.4 Å². The number of benzene rings is 1. The SMILES string of the molecule is COc1ccc(/C=C/C(=O)NC(=S)NNC(=O)c2ccco2)cc1. The quantitative estimate of drug-likeness (QED) is 0.443. The summed E-state index contributed by atoms with van der Waals surface area (Å²) in [5.41, 5.74) is 5.53. The molecule has 0 spiro atoms. The summed E-state index contributed by atoms with van der Waals surface area (Å²) in [7, 11) is 1.58. The van der Waals surface area contributed by atoms with Crippen LogP contribution < -0.4 is 20.9 Å². The Balaban J connectivity index is 1.77. The predicted octanol–water partition coefficient (Wildman–Crippen LogP) is 1.64. The number of ether oxygens (including phenoxy) is 1. The molecule has 0 aliphatic carbocycles. The van der Waals surface area contributed by atoms with E-state index in [0.29, 0.717) is 0 Å². The van der Waals surface area contributed by atoms with Gasteiger partial charge in [-0.2, -0.15) is 0 Å². The number of carbonyl (C=O) groups excluding carboxylic acids is 2. The fourth-order valence-corrected chi connectivity index (χ4v) is 1.81. The van der Waals surface area contributed by atoms with Gasteiger partial charge in [0.25, 0.3) is 0 Å². The first-order chi connectivity index (χ1) is 11.6. The van der Waals surface area contributed by atoms with E-state index in [1.807, 2.05) is 12.1 Å². The Morgan fingerprint density at radius 3 is 2.54 bits per heavy atom. The lowest BCUT2D eigenvalue weighted by atomic mass is 10.2. The Morgan fingerprint density at radius 2 is 1.92 bits per heavy atom. The van der Waals surface area contributed by atoms with Crippen LogP contribution in [-0.4, -0.2) is 24.0 Å². The van der Waals surface area contributed by atoms with Gasteiger partial charge in [0, 0.05) is 6.08 Å². The highest BCUT2D eigenvalue weighted by Gasteiger charge is 2.08. The van der Waals surface area contributed by atoms with E-state index >= 15 is 0 Å². The summed E-state index contributed by atoms with van der Waals surface area (Å²) in [5.74, 6) is -0.0914. The number of rotatable bonds is 4. The molecule has 1 heterocycles. The first kappa shape index (κ1) is 17.2. The first-order valence-electron chi connectivity index (χ1n) is 6.85. The molecule has 3 N–H and O–H groups in total. The van der Waals surface area contributed by atoms with Gasteiger partial charge in [0.05, 0.1) is 13.4 Å². The highest BCUT2D eigenvalue weighted by atomic mass is 32.1. The zero-order valence-electron chi connectivity index (χ0n) is 12.7. The molecule has 124 valence electrons. The zero-order chi connectivity index (χ0) is 17.4. The van der Waals surface area contributed by atoms with Gasteiger partial charge in [-0.3, -0.25) is 25.8 Å². The minimum absolute atomic E-state index is 0.0423. The molecule has 0 aliphatic rings. The van der Waals surface area contributed by atoms with Gasteiger partial charge in [-0.15, -0.1) is 0 Å². The predicted molar refractivity (Wildman–Crippen MR) is 92.1 cm³/mol. The van der Waals surface area contributed by atoms with Crippen LogP contribution in [-0.2, 0) is 4.79 Å². The van der Waals surface area contributed by atoms with Crippen LogP contribution in [0.4, 0.5) is 0 Å². The van der Waals surface area contributed by atoms with Crippen molar-refractivity contribution in [2.75, 3.05) is 7.11 Å². The summed E-state index contributed by atoms with van der Waals surface area (Å²) >= 11 is 4.90. The largest absolute Gasteiger partial charge is 0.497 e. The van der Waals surface area contributed by atoms with Crippen molar-refractivity contribution in [3.63, 3.8) is 0 Å². The number of nitrogens with one attached hydrogen (secondary N) is 3. The van der Waals surface area contributed by atoms with Gasteiger partial charge in [0.2, 0.25) is 5.91 Å². The lowest BCUT2D eigenvalue weighted by Gasteiger charge is -2.08. The van der Waals surface area contributed by atoms with E-state index in [-0.39, 0.29) is 10.9 Å². The third kappa shape index (κ3) is 5.25. The van der Waals surface area contributed by atoms with Crippen molar-refractivity contribution in [1.29, 1.82) is 0 Å². The van der Waals surface area contributed by atoms with Crippen LogP contribution in [0.25, 0.3) is 6.08 Å². The van der Waals surface area contributed by atoms with Crippen LogP contribution >= 0.6 is 12.2 Å². The second-order valence-electron chi connectivity index (χ2n) is 4.48. The van der Waals surface area contributed by atoms with Gasteiger partial charge in [-0.1, -0.05) is 12.1 Å². The van der Waals surface area contributed by atoms with Crippen LogP contribution in [0.1, 0.15) is 16.1 Å².